The van der Waals surface area contributed by atoms with Crippen LogP contribution in [0.1, 0.15) is 44.8 Å². The van der Waals surface area contributed by atoms with Crippen LogP contribution in [0.25, 0.3) is 26.9 Å². The van der Waals surface area contributed by atoms with Crippen molar-refractivity contribution in [1.82, 2.24) is 29.1 Å². The Balaban J connectivity index is 0.00000204. The molecule has 0 unspecified atom stereocenters. The van der Waals surface area contributed by atoms with Crippen LogP contribution < -0.4 is 0 Å². The minimum atomic E-state index is -0.271. The number of hydrogen-bond acceptors (Lipinski definition) is 6. The molecule has 0 spiro atoms. The number of fused-ring (bicyclic) bond motifs is 4. The topological polar surface area (TPSA) is 70.1 Å². The zero-order valence-electron chi connectivity index (χ0n) is 16.3. The molecule has 0 N–H and O–H groups in total. The zero-order chi connectivity index (χ0) is 20.2. The smallest absolute Gasteiger partial charge is 0.212 e. The second kappa shape index (κ2) is 7.65. The Labute approximate surface area is 182 Å². The highest BCUT2D eigenvalue weighted by atomic mass is 32.1. The van der Waals surface area contributed by atoms with Crippen molar-refractivity contribution in [3.8, 4) is 0 Å². The lowest BCUT2D eigenvalue weighted by atomic mass is 10.0. The monoisotopic (exact) mass is 438 g/mol. The van der Waals surface area contributed by atoms with E-state index in [-0.39, 0.29) is 25.4 Å². The van der Waals surface area contributed by atoms with Gasteiger partial charge >= 0.3 is 0 Å². The van der Waals surface area contributed by atoms with Gasteiger partial charge in [0.15, 0.2) is 0 Å². The van der Waals surface area contributed by atoms with E-state index >= 15 is 0 Å². The van der Waals surface area contributed by atoms with Crippen LogP contribution in [0.2, 0.25) is 0 Å². The first-order valence-corrected chi connectivity index (χ1v) is 10.9. The van der Waals surface area contributed by atoms with E-state index in [0.29, 0.717) is 13.0 Å². The molecule has 2 atom stereocenters. The fraction of sp³-hybridized carbons (Fsp3) is 0.364. The molecule has 160 valence electrons. The second-order valence-corrected chi connectivity index (χ2v) is 8.60. The minimum absolute atomic E-state index is 0. The maximum Gasteiger partial charge on any atom is 0.212 e. The largest absolute Gasteiger partial charge is 0.378 e. The first-order valence-electron chi connectivity index (χ1n) is 10.00. The van der Waals surface area contributed by atoms with Crippen molar-refractivity contribution in [2.75, 3.05) is 6.61 Å². The van der Waals surface area contributed by atoms with E-state index in [1.165, 1.54) is 17.4 Å². The standard InChI is InChI=1S/C21H19FN6OS.CH4/c1-12-6-15(4-5-29-12)28-19(8-14-10-27-21(25-14)30-11-24-27)26-18-9-23-17-3-2-13(22)7-16(17)20(18)28;/h2-3,7,9-12,15H,4-6,8H2,1H3;1H4/t12-,15-;/m0./s1. The highest BCUT2D eigenvalue weighted by Crippen LogP contribution is 2.34. The molecule has 1 aliphatic heterocycles. The summed E-state index contributed by atoms with van der Waals surface area (Å²) < 4.78 is 24.0. The van der Waals surface area contributed by atoms with Crippen molar-refractivity contribution >= 4 is 38.2 Å². The molecule has 0 aliphatic carbocycles. The summed E-state index contributed by atoms with van der Waals surface area (Å²) in [6, 6.07) is 4.96. The summed E-state index contributed by atoms with van der Waals surface area (Å²) in [6.45, 7) is 2.80. The van der Waals surface area contributed by atoms with Gasteiger partial charge in [0.1, 0.15) is 22.7 Å². The van der Waals surface area contributed by atoms with Crippen molar-refractivity contribution in [3.05, 3.63) is 53.4 Å². The molecule has 7 nitrogen and oxygen atoms in total. The van der Waals surface area contributed by atoms with Crippen LogP contribution in [-0.2, 0) is 11.2 Å². The number of hydrogen-bond donors (Lipinski definition) is 0. The van der Waals surface area contributed by atoms with Crippen molar-refractivity contribution in [2.45, 2.75) is 45.8 Å². The van der Waals surface area contributed by atoms with Gasteiger partial charge in [0, 0.05) is 24.5 Å². The van der Waals surface area contributed by atoms with Crippen LogP contribution in [-0.4, -0.2) is 41.8 Å². The normalized spacial score (nSPS) is 19.3. The van der Waals surface area contributed by atoms with Gasteiger partial charge in [0.25, 0.3) is 0 Å². The Bertz CT molecular complexity index is 1360. The van der Waals surface area contributed by atoms with E-state index in [4.69, 9.17) is 9.72 Å². The van der Waals surface area contributed by atoms with Gasteiger partial charge in [-0.2, -0.15) is 5.10 Å². The number of benzene rings is 1. The molecular weight excluding hydrogens is 415 g/mol. The average Bonchev–Trinajstić information content (AvgIpc) is 3.41. The first kappa shape index (κ1) is 20.0. The quantitative estimate of drug-likeness (QED) is 0.405. The third-order valence-corrected chi connectivity index (χ3v) is 6.44. The molecule has 1 fully saturated rings. The van der Waals surface area contributed by atoms with E-state index in [2.05, 4.69) is 26.6 Å². The highest BCUT2D eigenvalue weighted by Gasteiger charge is 2.27. The third-order valence-electron chi connectivity index (χ3n) is 5.75. The molecule has 5 aromatic rings. The molecule has 6 rings (SSSR count). The molecule has 0 saturated carbocycles. The molecule has 0 radical (unpaired) electrons. The summed E-state index contributed by atoms with van der Waals surface area (Å²) in [4.78, 5) is 15.0. The summed E-state index contributed by atoms with van der Waals surface area (Å²) in [5, 5.41) is 5.06. The fourth-order valence-corrected chi connectivity index (χ4v) is 5.08. The zero-order valence-corrected chi connectivity index (χ0v) is 17.1. The van der Waals surface area contributed by atoms with Crippen LogP contribution in [0.5, 0.6) is 0 Å². The first-order chi connectivity index (χ1) is 14.7. The van der Waals surface area contributed by atoms with Crippen molar-refractivity contribution in [1.29, 1.82) is 0 Å². The number of aromatic nitrogens is 6. The van der Waals surface area contributed by atoms with Crippen LogP contribution >= 0.6 is 11.3 Å². The van der Waals surface area contributed by atoms with Crippen LogP contribution in [0.4, 0.5) is 4.39 Å². The molecule has 1 aromatic carbocycles. The highest BCUT2D eigenvalue weighted by molar-refractivity contribution is 7.14. The molecule has 0 amide bonds. The number of halogens is 1. The van der Waals surface area contributed by atoms with Crippen molar-refractivity contribution < 1.29 is 9.13 Å². The molecular formula is C22H23FN6OS. The van der Waals surface area contributed by atoms with Gasteiger partial charge in [-0.1, -0.05) is 18.8 Å². The average molecular weight is 439 g/mol. The predicted molar refractivity (Wildman–Crippen MR) is 119 cm³/mol. The van der Waals surface area contributed by atoms with Gasteiger partial charge in [0.2, 0.25) is 4.96 Å². The maximum atomic E-state index is 14.1. The lowest BCUT2D eigenvalue weighted by molar-refractivity contribution is 0.00631. The van der Waals surface area contributed by atoms with Crippen LogP contribution in [0, 0.1) is 5.82 Å². The third kappa shape index (κ3) is 3.37. The Morgan fingerprint density at radius 3 is 3.00 bits per heavy atom. The number of nitrogens with zero attached hydrogens (tertiary/aromatic N) is 6. The van der Waals surface area contributed by atoms with Crippen LogP contribution in [0.15, 0.2) is 36.1 Å². The van der Waals surface area contributed by atoms with E-state index < -0.39 is 0 Å². The SMILES string of the molecule is C.C[C@H]1C[C@@H](n2c(Cc3cn4ncsc4n3)nc3cnc4ccc(F)cc4c32)CCO1. The lowest BCUT2D eigenvalue weighted by Crippen LogP contribution is -2.26. The van der Waals surface area contributed by atoms with Gasteiger partial charge in [-0.3, -0.25) is 4.98 Å². The molecule has 31 heavy (non-hydrogen) atoms. The molecule has 4 aromatic heterocycles. The summed E-state index contributed by atoms with van der Waals surface area (Å²) >= 11 is 1.51. The molecule has 1 aliphatic rings. The number of ether oxygens (including phenoxy) is 1. The maximum absolute atomic E-state index is 14.1. The second-order valence-electron chi connectivity index (χ2n) is 7.79. The molecule has 1 saturated heterocycles. The molecule has 9 heteroatoms. The molecule has 0 bridgehead atoms. The summed E-state index contributed by atoms with van der Waals surface area (Å²) in [5.74, 6) is 0.639. The minimum Gasteiger partial charge on any atom is -0.378 e. The van der Waals surface area contributed by atoms with Gasteiger partial charge in [-0.05, 0) is 38.0 Å². The summed E-state index contributed by atoms with van der Waals surface area (Å²) in [5.41, 5.74) is 5.17. The summed E-state index contributed by atoms with van der Waals surface area (Å²) in [7, 11) is 0. The van der Waals surface area contributed by atoms with Gasteiger partial charge in [-0.15, -0.1) is 0 Å². The Morgan fingerprint density at radius 1 is 1.26 bits per heavy atom. The van der Waals surface area contributed by atoms with E-state index in [1.807, 2.05) is 6.20 Å². The Hall–Kier alpha value is -2.91. The number of imidazole rings is 2. The number of rotatable bonds is 3. The van der Waals surface area contributed by atoms with E-state index in [1.54, 1.807) is 28.4 Å². The Kier molecular flexibility index (Phi) is 4.94. The molecule has 5 heterocycles. The van der Waals surface area contributed by atoms with Gasteiger partial charge < -0.3 is 9.30 Å². The Morgan fingerprint density at radius 2 is 2.16 bits per heavy atom. The predicted octanol–water partition coefficient (Wildman–Crippen LogP) is 4.79. The van der Waals surface area contributed by atoms with Gasteiger partial charge in [-0.25, -0.2) is 18.9 Å². The fourth-order valence-electron chi connectivity index (χ4n) is 4.46. The van der Waals surface area contributed by atoms with Crippen LogP contribution in [0.3, 0.4) is 0 Å². The van der Waals surface area contributed by atoms with Crippen molar-refractivity contribution in [2.24, 2.45) is 0 Å². The summed E-state index contributed by atoms with van der Waals surface area (Å²) in [6.07, 6.45) is 6.25. The van der Waals surface area contributed by atoms with E-state index in [0.717, 1.165) is 51.3 Å². The lowest BCUT2D eigenvalue weighted by Gasteiger charge is -2.30. The van der Waals surface area contributed by atoms with Crippen molar-refractivity contribution in [3.63, 3.8) is 0 Å². The number of pyridine rings is 1. The van der Waals surface area contributed by atoms with Gasteiger partial charge in [0.05, 0.1) is 35.2 Å². The van der Waals surface area contributed by atoms with E-state index in [9.17, 15) is 4.39 Å².